The summed E-state index contributed by atoms with van der Waals surface area (Å²) in [5.74, 6) is 0.147. The van der Waals surface area contributed by atoms with Crippen molar-refractivity contribution in [2.45, 2.75) is 32.2 Å². The molecule has 0 aromatic heterocycles. The predicted octanol–water partition coefficient (Wildman–Crippen LogP) is 2.30. The normalized spacial score (nSPS) is 22.1. The third-order valence-corrected chi connectivity index (χ3v) is 4.25. The minimum Gasteiger partial charge on any atom is -0.385 e. The van der Waals surface area contributed by atoms with Crippen LogP contribution in [-0.2, 0) is 11.2 Å². The van der Waals surface area contributed by atoms with E-state index in [1.807, 2.05) is 17.0 Å². The minimum atomic E-state index is 0.147. The van der Waals surface area contributed by atoms with Crippen LogP contribution < -0.4 is 5.32 Å². The molecule has 2 aliphatic rings. The molecule has 1 unspecified atom stereocenters. The van der Waals surface area contributed by atoms with Crippen molar-refractivity contribution >= 4 is 11.6 Å². The average molecular weight is 274 g/mol. The van der Waals surface area contributed by atoms with Gasteiger partial charge in [0.2, 0.25) is 0 Å². The second-order valence-corrected chi connectivity index (χ2v) is 5.54. The van der Waals surface area contributed by atoms with E-state index in [0.29, 0.717) is 19.8 Å². The second kappa shape index (κ2) is 5.83. The van der Waals surface area contributed by atoms with Gasteiger partial charge in [0.15, 0.2) is 0 Å². The number of amides is 1. The van der Waals surface area contributed by atoms with Crippen LogP contribution in [0.4, 0.5) is 5.69 Å². The molecule has 1 saturated heterocycles. The average Bonchev–Trinajstić information content (AvgIpc) is 2.53. The van der Waals surface area contributed by atoms with Crippen molar-refractivity contribution in [3.8, 4) is 0 Å². The number of benzene rings is 1. The molecule has 0 radical (unpaired) electrons. The first-order valence-corrected chi connectivity index (χ1v) is 7.55. The molecular weight excluding hydrogens is 252 g/mol. The molecule has 1 atom stereocenters. The maximum atomic E-state index is 12.7. The number of morpholine rings is 1. The molecule has 0 aliphatic carbocycles. The summed E-state index contributed by atoms with van der Waals surface area (Å²) in [6.45, 7) is 5.15. The number of rotatable bonds is 2. The first-order valence-electron chi connectivity index (χ1n) is 7.55. The fourth-order valence-corrected chi connectivity index (χ4v) is 3.03. The molecular formula is C16H22N2O2. The molecule has 0 spiro atoms. The number of nitrogens with one attached hydrogen (secondary N) is 1. The summed E-state index contributed by atoms with van der Waals surface area (Å²) in [5, 5.41) is 3.38. The van der Waals surface area contributed by atoms with Crippen molar-refractivity contribution in [3.63, 3.8) is 0 Å². The van der Waals surface area contributed by atoms with E-state index in [1.54, 1.807) is 0 Å². The summed E-state index contributed by atoms with van der Waals surface area (Å²) in [5.41, 5.74) is 3.26. The van der Waals surface area contributed by atoms with Gasteiger partial charge in [0.25, 0.3) is 5.91 Å². The van der Waals surface area contributed by atoms with Crippen LogP contribution in [0.25, 0.3) is 0 Å². The van der Waals surface area contributed by atoms with Crippen LogP contribution >= 0.6 is 0 Å². The van der Waals surface area contributed by atoms with Crippen LogP contribution in [0, 0.1) is 0 Å². The van der Waals surface area contributed by atoms with E-state index in [9.17, 15) is 4.79 Å². The smallest absolute Gasteiger partial charge is 0.254 e. The number of ether oxygens (including phenoxy) is 1. The standard InChI is InChI=1S/C16H22N2O2/c1-2-14-11-20-9-8-18(14)16(19)13-5-6-15-12(10-13)4-3-7-17-15/h5-6,10,14,17H,2-4,7-9,11H2,1H3. The maximum absolute atomic E-state index is 12.7. The van der Waals surface area contributed by atoms with Gasteiger partial charge in [-0.3, -0.25) is 4.79 Å². The summed E-state index contributed by atoms with van der Waals surface area (Å²) < 4.78 is 5.48. The van der Waals surface area contributed by atoms with Crippen molar-refractivity contribution < 1.29 is 9.53 Å². The second-order valence-electron chi connectivity index (χ2n) is 5.54. The zero-order valence-electron chi connectivity index (χ0n) is 12.0. The molecule has 20 heavy (non-hydrogen) atoms. The summed E-state index contributed by atoms with van der Waals surface area (Å²) >= 11 is 0. The number of hydrogen-bond donors (Lipinski definition) is 1. The molecule has 2 aliphatic heterocycles. The molecule has 4 heteroatoms. The molecule has 1 fully saturated rings. The van der Waals surface area contributed by atoms with E-state index < -0.39 is 0 Å². The van der Waals surface area contributed by atoms with E-state index in [4.69, 9.17) is 4.74 Å². The van der Waals surface area contributed by atoms with Crippen LogP contribution in [0.5, 0.6) is 0 Å². The first kappa shape index (κ1) is 13.4. The zero-order chi connectivity index (χ0) is 13.9. The number of fused-ring (bicyclic) bond motifs is 1. The minimum absolute atomic E-state index is 0.147. The van der Waals surface area contributed by atoms with Crippen molar-refractivity contribution in [3.05, 3.63) is 29.3 Å². The van der Waals surface area contributed by atoms with Crippen LogP contribution in [0.3, 0.4) is 0 Å². The lowest BCUT2D eigenvalue weighted by atomic mass is 10.00. The van der Waals surface area contributed by atoms with Crippen LogP contribution in [-0.4, -0.2) is 43.2 Å². The fraction of sp³-hybridized carbons (Fsp3) is 0.562. The van der Waals surface area contributed by atoms with Crippen LogP contribution in [0.1, 0.15) is 35.7 Å². The van der Waals surface area contributed by atoms with Crippen LogP contribution in [0.2, 0.25) is 0 Å². The monoisotopic (exact) mass is 274 g/mol. The molecule has 3 rings (SSSR count). The van der Waals surface area contributed by atoms with Gasteiger partial charge in [-0.05, 0) is 43.0 Å². The van der Waals surface area contributed by atoms with Crippen molar-refractivity contribution in [1.82, 2.24) is 4.90 Å². The van der Waals surface area contributed by atoms with Crippen molar-refractivity contribution in [2.24, 2.45) is 0 Å². The molecule has 4 nitrogen and oxygen atoms in total. The topological polar surface area (TPSA) is 41.6 Å². The molecule has 0 bridgehead atoms. The Morgan fingerprint density at radius 3 is 3.25 bits per heavy atom. The van der Waals surface area contributed by atoms with Gasteiger partial charge in [0.1, 0.15) is 0 Å². The largest absolute Gasteiger partial charge is 0.385 e. The van der Waals surface area contributed by atoms with Gasteiger partial charge in [-0.1, -0.05) is 6.92 Å². The van der Waals surface area contributed by atoms with Gasteiger partial charge in [0.05, 0.1) is 19.3 Å². The van der Waals surface area contributed by atoms with Crippen molar-refractivity contribution in [1.29, 1.82) is 0 Å². The highest BCUT2D eigenvalue weighted by Crippen LogP contribution is 2.24. The zero-order valence-corrected chi connectivity index (χ0v) is 12.0. The molecule has 2 heterocycles. The number of nitrogens with zero attached hydrogens (tertiary/aromatic N) is 1. The lowest BCUT2D eigenvalue weighted by Gasteiger charge is -2.35. The van der Waals surface area contributed by atoms with Gasteiger partial charge >= 0.3 is 0 Å². The SMILES string of the molecule is CCC1COCCN1C(=O)c1ccc2c(c1)CCCN2. The Bertz CT molecular complexity index is 501. The van der Waals surface area contributed by atoms with E-state index >= 15 is 0 Å². The third-order valence-electron chi connectivity index (χ3n) is 4.25. The highest BCUT2D eigenvalue weighted by Gasteiger charge is 2.27. The lowest BCUT2D eigenvalue weighted by molar-refractivity contribution is -0.00280. The number of anilines is 1. The Balaban J connectivity index is 1.82. The first-order chi connectivity index (χ1) is 9.79. The summed E-state index contributed by atoms with van der Waals surface area (Å²) in [4.78, 5) is 14.7. The highest BCUT2D eigenvalue weighted by molar-refractivity contribution is 5.95. The molecule has 0 saturated carbocycles. The lowest BCUT2D eigenvalue weighted by Crippen LogP contribution is -2.48. The molecule has 1 aromatic rings. The Morgan fingerprint density at radius 1 is 1.50 bits per heavy atom. The van der Waals surface area contributed by atoms with Crippen molar-refractivity contribution in [2.75, 3.05) is 31.6 Å². The highest BCUT2D eigenvalue weighted by atomic mass is 16.5. The maximum Gasteiger partial charge on any atom is 0.254 e. The molecule has 108 valence electrons. The predicted molar refractivity (Wildman–Crippen MR) is 79.2 cm³/mol. The molecule has 1 amide bonds. The number of carbonyl (C=O) groups excluding carboxylic acids is 1. The van der Waals surface area contributed by atoms with E-state index in [-0.39, 0.29) is 11.9 Å². The third kappa shape index (κ3) is 2.52. The Hall–Kier alpha value is -1.55. The summed E-state index contributed by atoms with van der Waals surface area (Å²) in [6, 6.07) is 6.27. The molecule has 1 N–H and O–H groups in total. The Labute approximate surface area is 120 Å². The quantitative estimate of drug-likeness (QED) is 0.899. The molecule has 1 aromatic carbocycles. The van der Waals surface area contributed by atoms with Gasteiger partial charge < -0.3 is 15.0 Å². The number of hydrogen-bond acceptors (Lipinski definition) is 3. The Kier molecular flexibility index (Phi) is 3.92. The number of carbonyl (C=O) groups is 1. The van der Waals surface area contributed by atoms with Gasteiger partial charge in [-0.15, -0.1) is 0 Å². The van der Waals surface area contributed by atoms with E-state index in [0.717, 1.165) is 31.4 Å². The van der Waals surface area contributed by atoms with E-state index in [2.05, 4.69) is 18.3 Å². The Morgan fingerprint density at radius 2 is 2.40 bits per heavy atom. The van der Waals surface area contributed by atoms with E-state index in [1.165, 1.54) is 11.3 Å². The van der Waals surface area contributed by atoms with Crippen LogP contribution in [0.15, 0.2) is 18.2 Å². The van der Waals surface area contributed by atoms with Gasteiger partial charge in [-0.2, -0.15) is 0 Å². The fourth-order valence-electron chi connectivity index (χ4n) is 3.03. The van der Waals surface area contributed by atoms with Gasteiger partial charge in [0, 0.05) is 24.3 Å². The summed E-state index contributed by atoms with van der Waals surface area (Å²) in [7, 11) is 0. The number of aryl methyl sites for hydroxylation is 1. The van der Waals surface area contributed by atoms with Gasteiger partial charge in [-0.25, -0.2) is 0 Å². The summed E-state index contributed by atoms with van der Waals surface area (Å²) in [6.07, 6.45) is 3.14.